The number of nitrogens with one attached hydrogen (secondary N) is 1. The van der Waals surface area contributed by atoms with Crippen LogP contribution in [-0.4, -0.2) is 15.9 Å². The van der Waals surface area contributed by atoms with Gasteiger partial charge in [-0.3, -0.25) is 9.78 Å². The molecule has 0 fully saturated rings. The molecule has 3 N–H and O–H groups in total. The van der Waals surface area contributed by atoms with E-state index in [4.69, 9.17) is 5.73 Å². The fourth-order valence-corrected chi connectivity index (χ4v) is 2.46. The van der Waals surface area contributed by atoms with Crippen LogP contribution in [0, 0.1) is 0 Å². The van der Waals surface area contributed by atoms with E-state index in [1.807, 2.05) is 36.7 Å². The molecule has 0 saturated heterocycles. The highest BCUT2D eigenvalue weighted by molar-refractivity contribution is 6.05. The zero-order chi connectivity index (χ0) is 14.8. The van der Waals surface area contributed by atoms with Gasteiger partial charge in [-0.1, -0.05) is 18.7 Å². The topological polar surface area (TPSA) is 71.8 Å². The van der Waals surface area contributed by atoms with Crippen LogP contribution in [0.2, 0.25) is 0 Å². The van der Waals surface area contributed by atoms with Crippen molar-refractivity contribution in [2.24, 2.45) is 5.73 Å². The summed E-state index contributed by atoms with van der Waals surface area (Å²) in [5.41, 5.74) is 9.79. The Morgan fingerprint density at radius 3 is 2.81 bits per heavy atom. The van der Waals surface area contributed by atoms with Gasteiger partial charge >= 0.3 is 0 Å². The minimum atomic E-state index is -0.425. The van der Waals surface area contributed by atoms with Crippen LogP contribution in [0.1, 0.15) is 27.2 Å². The third-order valence-corrected chi connectivity index (χ3v) is 3.53. The van der Waals surface area contributed by atoms with Gasteiger partial charge in [0.25, 0.3) is 5.91 Å². The normalized spacial score (nSPS) is 10.7. The lowest BCUT2D eigenvalue weighted by Gasteiger charge is -2.06. The predicted octanol–water partition coefficient (Wildman–Crippen LogP) is 2.90. The van der Waals surface area contributed by atoms with Gasteiger partial charge in [0.2, 0.25) is 0 Å². The zero-order valence-corrected chi connectivity index (χ0v) is 11.5. The van der Waals surface area contributed by atoms with Crippen molar-refractivity contribution >= 4 is 22.9 Å². The second-order valence-electron chi connectivity index (χ2n) is 4.88. The number of pyridine rings is 1. The van der Waals surface area contributed by atoms with Gasteiger partial charge in [-0.2, -0.15) is 0 Å². The number of benzene rings is 1. The molecule has 0 spiro atoms. The minimum Gasteiger partial charge on any atom is -0.366 e. The van der Waals surface area contributed by atoms with Crippen LogP contribution < -0.4 is 5.73 Å². The van der Waals surface area contributed by atoms with E-state index < -0.39 is 5.91 Å². The first-order valence-corrected chi connectivity index (χ1v) is 6.65. The van der Waals surface area contributed by atoms with Gasteiger partial charge in [-0.05, 0) is 41.8 Å². The molecule has 2 heterocycles. The first-order chi connectivity index (χ1) is 10.2. The van der Waals surface area contributed by atoms with Crippen LogP contribution >= 0.6 is 0 Å². The standard InChI is InChI=1S/C17H15N3O/c1-2-13-5-3-11(10-20-13)9-12-4-6-15(17(18)21)16-14(12)7-8-19-16/h2-8,10,19H,1,9H2,(H2,18,21). The maximum absolute atomic E-state index is 11.4. The highest BCUT2D eigenvalue weighted by Gasteiger charge is 2.11. The molecule has 4 heteroatoms. The van der Waals surface area contributed by atoms with E-state index in [1.165, 1.54) is 0 Å². The van der Waals surface area contributed by atoms with Crippen molar-refractivity contribution in [1.82, 2.24) is 9.97 Å². The lowest BCUT2D eigenvalue weighted by atomic mass is 10.00. The van der Waals surface area contributed by atoms with Crippen LogP contribution in [-0.2, 0) is 6.42 Å². The molecule has 0 aliphatic carbocycles. The van der Waals surface area contributed by atoms with Gasteiger partial charge in [0.05, 0.1) is 16.8 Å². The molecule has 0 aliphatic heterocycles. The molecule has 1 aromatic carbocycles. The van der Waals surface area contributed by atoms with Crippen molar-refractivity contribution in [1.29, 1.82) is 0 Å². The summed E-state index contributed by atoms with van der Waals surface area (Å²) >= 11 is 0. The number of hydrogen-bond donors (Lipinski definition) is 2. The van der Waals surface area contributed by atoms with E-state index in [1.54, 1.807) is 12.1 Å². The summed E-state index contributed by atoms with van der Waals surface area (Å²) in [5.74, 6) is -0.425. The number of fused-ring (bicyclic) bond motifs is 1. The van der Waals surface area contributed by atoms with Crippen molar-refractivity contribution in [2.75, 3.05) is 0 Å². The summed E-state index contributed by atoms with van der Waals surface area (Å²) in [7, 11) is 0. The van der Waals surface area contributed by atoms with Gasteiger partial charge in [-0.15, -0.1) is 0 Å². The third kappa shape index (κ3) is 2.43. The number of nitrogens with two attached hydrogens (primary N) is 1. The monoisotopic (exact) mass is 277 g/mol. The van der Waals surface area contributed by atoms with Crippen molar-refractivity contribution in [2.45, 2.75) is 6.42 Å². The van der Waals surface area contributed by atoms with Gasteiger partial charge in [0.15, 0.2) is 0 Å². The van der Waals surface area contributed by atoms with Gasteiger partial charge in [0, 0.05) is 17.8 Å². The number of hydrogen-bond acceptors (Lipinski definition) is 2. The van der Waals surface area contributed by atoms with Crippen molar-refractivity contribution in [3.8, 4) is 0 Å². The summed E-state index contributed by atoms with van der Waals surface area (Å²) < 4.78 is 0. The molecule has 3 aromatic rings. The SMILES string of the molecule is C=Cc1ccc(Cc2ccc(C(N)=O)c3[nH]ccc23)cn1. The number of nitrogens with zero attached hydrogens (tertiary/aromatic N) is 1. The number of aromatic nitrogens is 2. The second kappa shape index (κ2) is 5.25. The summed E-state index contributed by atoms with van der Waals surface area (Å²) in [5, 5.41) is 1.01. The van der Waals surface area contributed by atoms with E-state index in [0.29, 0.717) is 5.56 Å². The Kier molecular flexibility index (Phi) is 3.28. The molecule has 0 bridgehead atoms. The Morgan fingerprint density at radius 2 is 2.14 bits per heavy atom. The van der Waals surface area contributed by atoms with E-state index >= 15 is 0 Å². The summed E-state index contributed by atoms with van der Waals surface area (Å²) in [4.78, 5) is 18.8. The predicted molar refractivity (Wildman–Crippen MR) is 84.0 cm³/mol. The first kappa shape index (κ1) is 13.1. The number of carbonyl (C=O) groups is 1. The Hall–Kier alpha value is -2.88. The summed E-state index contributed by atoms with van der Waals surface area (Å²) in [6, 6.07) is 9.64. The maximum atomic E-state index is 11.4. The Balaban J connectivity index is 2.00. The van der Waals surface area contributed by atoms with Crippen LogP contribution in [0.5, 0.6) is 0 Å². The number of carbonyl (C=O) groups excluding carboxylic acids is 1. The molecule has 2 aromatic heterocycles. The zero-order valence-electron chi connectivity index (χ0n) is 11.5. The fourth-order valence-electron chi connectivity index (χ4n) is 2.46. The molecule has 3 rings (SSSR count). The second-order valence-corrected chi connectivity index (χ2v) is 4.88. The molecule has 0 unspecified atom stereocenters. The smallest absolute Gasteiger partial charge is 0.250 e. The molecule has 0 atom stereocenters. The quantitative estimate of drug-likeness (QED) is 0.769. The van der Waals surface area contributed by atoms with Crippen molar-refractivity contribution < 1.29 is 4.79 Å². The lowest BCUT2D eigenvalue weighted by Crippen LogP contribution is -2.11. The molecular formula is C17H15N3O. The summed E-state index contributed by atoms with van der Waals surface area (Å²) in [6.07, 6.45) is 6.13. The number of rotatable bonds is 4. The van der Waals surface area contributed by atoms with Gasteiger partial charge in [0.1, 0.15) is 0 Å². The number of aromatic amines is 1. The van der Waals surface area contributed by atoms with Crippen LogP contribution in [0.3, 0.4) is 0 Å². The fraction of sp³-hybridized carbons (Fsp3) is 0.0588. The highest BCUT2D eigenvalue weighted by Crippen LogP contribution is 2.23. The Labute approximate surface area is 122 Å². The average Bonchev–Trinajstić information content (AvgIpc) is 2.98. The van der Waals surface area contributed by atoms with Crippen LogP contribution in [0.25, 0.3) is 17.0 Å². The largest absolute Gasteiger partial charge is 0.366 e. The molecule has 0 aliphatic rings. The van der Waals surface area contributed by atoms with Crippen molar-refractivity contribution in [3.63, 3.8) is 0 Å². The summed E-state index contributed by atoms with van der Waals surface area (Å²) in [6.45, 7) is 3.69. The highest BCUT2D eigenvalue weighted by atomic mass is 16.1. The number of H-pyrrole nitrogens is 1. The van der Waals surface area contributed by atoms with E-state index in [-0.39, 0.29) is 0 Å². The molecule has 4 nitrogen and oxygen atoms in total. The van der Waals surface area contributed by atoms with Gasteiger partial charge in [-0.25, -0.2) is 0 Å². The third-order valence-electron chi connectivity index (χ3n) is 3.53. The molecule has 21 heavy (non-hydrogen) atoms. The van der Waals surface area contributed by atoms with Crippen LogP contribution in [0.4, 0.5) is 0 Å². The van der Waals surface area contributed by atoms with Gasteiger partial charge < -0.3 is 10.7 Å². The lowest BCUT2D eigenvalue weighted by molar-refractivity contribution is 0.100. The van der Waals surface area contributed by atoms with E-state index in [0.717, 1.165) is 34.1 Å². The minimum absolute atomic E-state index is 0.425. The first-order valence-electron chi connectivity index (χ1n) is 6.65. The van der Waals surface area contributed by atoms with E-state index in [2.05, 4.69) is 16.5 Å². The molecule has 0 radical (unpaired) electrons. The molecule has 1 amide bonds. The molecule has 104 valence electrons. The maximum Gasteiger partial charge on any atom is 0.250 e. The number of primary amides is 1. The van der Waals surface area contributed by atoms with Crippen molar-refractivity contribution in [3.05, 3.63) is 71.7 Å². The number of amides is 1. The van der Waals surface area contributed by atoms with Crippen LogP contribution in [0.15, 0.2) is 49.3 Å². The molecule has 0 saturated carbocycles. The Morgan fingerprint density at radius 1 is 1.29 bits per heavy atom. The molecular weight excluding hydrogens is 262 g/mol. The average molecular weight is 277 g/mol. The van der Waals surface area contributed by atoms with E-state index in [9.17, 15) is 4.79 Å². The Bertz CT molecular complexity index is 816.